The molecule has 128 valence electrons. The summed E-state index contributed by atoms with van der Waals surface area (Å²) >= 11 is 0. The van der Waals surface area contributed by atoms with E-state index in [9.17, 15) is 4.79 Å². The third-order valence-electron chi connectivity index (χ3n) is 4.79. The summed E-state index contributed by atoms with van der Waals surface area (Å²) in [7, 11) is 0. The molecule has 0 atom stereocenters. The molecular formula is C18H24N4O2. The van der Waals surface area contributed by atoms with Crippen molar-refractivity contribution in [1.82, 2.24) is 20.4 Å². The second-order valence-electron chi connectivity index (χ2n) is 6.83. The summed E-state index contributed by atoms with van der Waals surface area (Å²) in [6.45, 7) is 7.94. The lowest BCUT2D eigenvalue weighted by molar-refractivity contribution is 0.158. The molecule has 2 aromatic rings. The molecular weight excluding hydrogens is 304 g/mol. The van der Waals surface area contributed by atoms with Crippen molar-refractivity contribution in [3.63, 3.8) is 0 Å². The summed E-state index contributed by atoms with van der Waals surface area (Å²) < 4.78 is 5.10. The van der Waals surface area contributed by atoms with E-state index in [0.717, 1.165) is 24.2 Å². The van der Waals surface area contributed by atoms with Crippen LogP contribution in [-0.2, 0) is 12.0 Å². The van der Waals surface area contributed by atoms with Crippen LogP contribution >= 0.6 is 0 Å². The molecule has 1 aliphatic rings. The molecule has 0 radical (unpaired) electrons. The Morgan fingerprint density at radius 1 is 1.25 bits per heavy atom. The van der Waals surface area contributed by atoms with Gasteiger partial charge in [-0.3, -0.25) is 0 Å². The maximum Gasteiger partial charge on any atom is 0.317 e. The van der Waals surface area contributed by atoms with Crippen LogP contribution in [-0.4, -0.2) is 34.2 Å². The molecule has 1 N–H and O–H groups in total. The highest BCUT2D eigenvalue weighted by atomic mass is 16.5. The van der Waals surface area contributed by atoms with Gasteiger partial charge in [-0.05, 0) is 25.3 Å². The van der Waals surface area contributed by atoms with Gasteiger partial charge in [0.25, 0.3) is 0 Å². The lowest BCUT2D eigenvalue weighted by Crippen LogP contribution is -2.48. The van der Waals surface area contributed by atoms with Crippen LogP contribution in [0.1, 0.15) is 42.6 Å². The number of hydrogen-bond acceptors (Lipinski definition) is 4. The molecule has 1 aromatic heterocycles. The van der Waals surface area contributed by atoms with Crippen molar-refractivity contribution in [3.8, 4) is 0 Å². The van der Waals surface area contributed by atoms with Gasteiger partial charge in [-0.2, -0.15) is 4.98 Å². The minimum absolute atomic E-state index is 0.0121. The second kappa shape index (κ2) is 6.63. The predicted molar refractivity (Wildman–Crippen MR) is 90.6 cm³/mol. The zero-order chi connectivity index (χ0) is 17.2. The summed E-state index contributed by atoms with van der Waals surface area (Å²) in [5.74, 6) is 1.34. The maximum atomic E-state index is 12.4. The first-order chi connectivity index (χ1) is 11.5. The minimum atomic E-state index is -0.120. The van der Waals surface area contributed by atoms with Crippen molar-refractivity contribution in [2.75, 3.05) is 13.1 Å². The summed E-state index contributed by atoms with van der Waals surface area (Å²) in [4.78, 5) is 18.6. The molecule has 1 aromatic carbocycles. The molecule has 0 aliphatic carbocycles. The average molecular weight is 328 g/mol. The Hall–Kier alpha value is -2.37. The van der Waals surface area contributed by atoms with Gasteiger partial charge in [-0.25, -0.2) is 4.79 Å². The Balaban J connectivity index is 1.52. The molecule has 1 aliphatic heterocycles. The third-order valence-corrected chi connectivity index (χ3v) is 4.79. The normalized spacial score (nSPS) is 16.9. The van der Waals surface area contributed by atoms with Gasteiger partial charge < -0.3 is 14.7 Å². The molecule has 0 spiro atoms. The van der Waals surface area contributed by atoms with E-state index in [0.29, 0.717) is 25.5 Å². The van der Waals surface area contributed by atoms with Crippen LogP contribution in [0.25, 0.3) is 0 Å². The van der Waals surface area contributed by atoms with E-state index < -0.39 is 0 Å². The SMILES string of the molecule is Cc1ccc(CNC(=O)N2CCC(C)(c3noc(C)n3)CC2)cc1. The number of likely N-dealkylation sites (tertiary alicyclic amines) is 1. The van der Waals surface area contributed by atoms with Gasteiger partial charge in [0.1, 0.15) is 0 Å². The Labute approximate surface area is 142 Å². The summed E-state index contributed by atoms with van der Waals surface area (Å²) in [5.41, 5.74) is 2.21. The van der Waals surface area contributed by atoms with Crippen molar-refractivity contribution in [2.45, 2.75) is 45.6 Å². The summed E-state index contributed by atoms with van der Waals surface area (Å²) in [5, 5.41) is 7.06. The molecule has 2 heterocycles. The number of amides is 2. The van der Waals surface area contributed by atoms with Gasteiger partial charge >= 0.3 is 6.03 Å². The Kier molecular flexibility index (Phi) is 4.55. The second-order valence-corrected chi connectivity index (χ2v) is 6.83. The molecule has 1 fully saturated rings. The number of aromatic nitrogens is 2. The number of nitrogens with zero attached hydrogens (tertiary/aromatic N) is 3. The number of hydrogen-bond donors (Lipinski definition) is 1. The number of urea groups is 1. The number of carbonyl (C=O) groups is 1. The van der Waals surface area contributed by atoms with E-state index in [-0.39, 0.29) is 11.4 Å². The van der Waals surface area contributed by atoms with E-state index in [1.165, 1.54) is 5.56 Å². The largest absolute Gasteiger partial charge is 0.340 e. The number of piperidine rings is 1. The van der Waals surface area contributed by atoms with Gasteiger partial charge in [-0.15, -0.1) is 0 Å². The zero-order valence-electron chi connectivity index (χ0n) is 14.5. The lowest BCUT2D eigenvalue weighted by atomic mass is 9.80. The van der Waals surface area contributed by atoms with Crippen molar-refractivity contribution < 1.29 is 9.32 Å². The van der Waals surface area contributed by atoms with Crippen LogP contribution in [0.4, 0.5) is 4.79 Å². The number of rotatable bonds is 3. The van der Waals surface area contributed by atoms with Crippen LogP contribution in [0, 0.1) is 13.8 Å². The van der Waals surface area contributed by atoms with Crippen LogP contribution < -0.4 is 5.32 Å². The molecule has 6 nitrogen and oxygen atoms in total. The standard InChI is InChI=1S/C18H24N4O2/c1-13-4-6-15(7-5-13)12-19-17(23)22-10-8-18(3,9-11-22)16-20-14(2)24-21-16/h4-7H,8-12H2,1-3H3,(H,19,23). The average Bonchev–Trinajstić information content (AvgIpc) is 3.02. The van der Waals surface area contributed by atoms with Crippen LogP contribution in [0.15, 0.2) is 28.8 Å². The monoisotopic (exact) mass is 328 g/mol. The maximum absolute atomic E-state index is 12.4. The molecule has 6 heteroatoms. The van der Waals surface area contributed by atoms with E-state index in [1.807, 2.05) is 17.0 Å². The van der Waals surface area contributed by atoms with E-state index >= 15 is 0 Å². The fourth-order valence-electron chi connectivity index (χ4n) is 2.97. The molecule has 1 saturated heterocycles. The smallest absolute Gasteiger partial charge is 0.317 e. The fraction of sp³-hybridized carbons (Fsp3) is 0.500. The quantitative estimate of drug-likeness (QED) is 0.940. The van der Waals surface area contributed by atoms with E-state index in [4.69, 9.17) is 4.52 Å². The number of benzene rings is 1. The fourth-order valence-corrected chi connectivity index (χ4v) is 2.97. The highest BCUT2D eigenvalue weighted by molar-refractivity contribution is 5.74. The molecule has 0 unspecified atom stereocenters. The zero-order valence-corrected chi connectivity index (χ0v) is 14.5. The van der Waals surface area contributed by atoms with Gasteiger partial charge in [-0.1, -0.05) is 41.9 Å². The number of nitrogens with one attached hydrogen (secondary N) is 1. The van der Waals surface area contributed by atoms with Crippen LogP contribution in [0.2, 0.25) is 0 Å². The Morgan fingerprint density at radius 3 is 2.50 bits per heavy atom. The molecule has 0 saturated carbocycles. The molecule has 3 rings (SSSR count). The first-order valence-electron chi connectivity index (χ1n) is 8.35. The van der Waals surface area contributed by atoms with Crippen molar-refractivity contribution >= 4 is 6.03 Å². The van der Waals surface area contributed by atoms with E-state index in [1.54, 1.807) is 6.92 Å². The highest BCUT2D eigenvalue weighted by Crippen LogP contribution is 2.33. The number of aryl methyl sites for hydroxylation is 2. The Bertz CT molecular complexity index is 700. The van der Waals surface area contributed by atoms with Gasteiger partial charge in [0.2, 0.25) is 5.89 Å². The first-order valence-corrected chi connectivity index (χ1v) is 8.35. The van der Waals surface area contributed by atoms with Crippen molar-refractivity contribution in [3.05, 3.63) is 47.1 Å². The van der Waals surface area contributed by atoms with Gasteiger partial charge in [0, 0.05) is 32.0 Å². The predicted octanol–water partition coefficient (Wildman–Crippen LogP) is 2.95. The lowest BCUT2D eigenvalue weighted by Gasteiger charge is -2.37. The molecule has 2 amide bonds. The third kappa shape index (κ3) is 3.58. The molecule has 24 heavy (non-hydrogen) atoms. The van der Waals surface area contributed by atoms with Crippen molar-refractivity contribution in [2.24, 2.45) is 0 Å². The topological polar surface area (TPSA) is 71.3 Å². The van der Waals surface area contributed by atoms with Crippen molar-refractivity contribution in [1.29, 1.82) is 0 Å². The highest BCUT2D eigenvalue weighted by Gasteiger charge is 2.36. The summed E-state index contributed by atoms with van der Waals surface area (Å²) in [6.07, 6.45) is 1.67. The van der Waals surface area contributed by atoms with Crippen LogP contribution in [0.3, 0.4) is 0 Å². The van der Waals surface area contributed by atoms with Gasteiger partial charge in [0.15, 0.2) is 5.82 Å². The van der Waals surface area contributed by atoms with Gasteiger partial charge in [0.05, 0.1) is 0 Å². The minimum Gasteiger partial charge on any atom is -0.340 e. The number of carbonyl (C=O) groups excluding carboxylic acids is 1. The summed E-state index contributed by atoms with van der Waals surface area (Å²) in [6, 6.07) is 8.19. The Morgan fingerprint density at radius 2 is 1.92 bits per heavy atom. The van der Waals surface area contributed by atoms with E-state index in [2.05, 4.69) is 41.4 Å². The molecule has 0 bridgehead atoms. The first kappa shape index (κ1) is 16.5. The van der Waals surface area contributed by atoms with Crippen LogP contribution in [0.5, 0.6) is 0 Å².